The summed E-state index contributed by atoms with van der Waals surface area (Å²) in [6, 6.07) is 4.16. The van der Waals surface area contributed by atoms with E-state index in [1.54, 1.807) is 18.0 Å². The van der Waals surface area contributed by atoms with Gasteiger partial charge in [0.25, 0.3) is 0 Å². The van der Waals surface area contributed by atoms with Crippen molar-refractivity contribution < 1.29 is 9.47 Å². The number of nitrogens with zero attached hydrogens (tertiary/aromatic N) is 1. The number of imidazole rings is 1. The Morgan fingerprint density at radius 3 is 2.81 bits per heavy atom. The number of rotatable bonds is 6. The van der Waals surface area contributed by atoms with E-state index >= 15 is 0 Å². The Hall–Kier alpha value is -1.66. The van der Waals surface area contributed by atoms with Gasteiger partial charge in [-0.1, -0.05) is 0 Å². The average Bonchev–Trinajstić information content (AvgIpc) is 3.04. The summed E-state index contributed by atoms with van der Waals surface area (Å²) < 4.78 is 11.3. The predicted molar refractivity (Wildman–Crippen MR) is 83.2 cm³/mol. The monoisotopic (exact) mass is 305 g/mol. The van der Waals surface area contributed by atoms with Crippen LogP contribution in [0.2, 0.25) is 0 Å². The molecule has 1 aromatic carbocycles. The molecule has 6 heteroatoms. The molecule has 1 aliphatic heterocycles. The Kier molecular flexibility index (Phi) is 4.67. The van der Waals surface area contributed by atoms with Crippen LogP contribution in [0.1, 0.15) is 11.4 Å². The Balaban J connectivity index is 1.61. The largest absolute Gasteiger partial charge is 0.486 e. The van der Waals surface area contributed by atoms with Gasteiger partial charge in [-0.15, -0.1) is 11.8 Å². The van der Waals surface area contributed by atoms with Gasteiger partial charge in [-0.2, -0.15) is 0 Å². The van der Waals surface area contributed by atoms with Crippen LogP contribution in [-0.2, 0) is 13.0 Å². The van der Waals surface area contributed by atoms with Crippen LogP contribution < -0.4 is 14.8 Å². The molecular weight excluding hydrogens is 286 g/mol. The van der Waals surface area contributed by atoms with E-state index in [-0.39, 0.29) is 0 Å². The maximum absolute atomic E-state index is 5.65. The molecule has 2 heterocycles. The molecule has 112 valence electrons. The molecule has 0 spiro atoms. The highest BCUT2D eigenvalue weighted by Gasteiger charge is 2.15. The van der Waals surface area contributed by atoms with Gasteiger partial charge in [-0.3, -0.25) is 0 Å². The Bertz CT molecular complexity index is 587. The molecule has 0 fully saturated rings. The first kappa shape index (κ1) is 14.3. The highest BCUT2D eigenvalue weighted by molar-refractivity contribution is 7.98. The predicted octanol–water partition coefficient (Wildman–Crippen LogP) is 2.24. The van der Waals surface area contributed by atoms with Crippen molar-refractivity contribution in [1.29, 1.82) is 0 Å². The molecule has 0 saturated carbocycles. The molecule has 0 saturated heterocycles. The minimum Gasteiger partial charge on any atom is -0.486 e. The zero-order valence-corrected chi connectivity index (χ0v) is 12.8. The van der Waals surface area contributed by atoms with Crippen molar-refractivity contribution in [3.63, 3.8) is 0 Å². The Labute approximate surface area is 128 Å². The summed E-state index contributed by atoms with van der Waals surface area (Å²) in [7, 11) is 0. The Morgan fingerprint density at radius 1 is 1.29 bits per heavy atom. The maximum Gasteiger partial charge on any atom is 0.162 e. The van der Waals surface area contributed by atoms with Crippen LogP contribution in [0, 0.1) is 0 Å². The lowest BCUT2D eigenvalue weighted by molar-refractivity contribution is 0.171. The number of fused-ring (bicyclic) bond motifs is 1. The van der Waals surface area contributed by atoms with Gasteiger partial charge in [0.05, 0.1) is 0 Å². The van der Waals surface area contributed by atoms with Gasteiger partial charge in [-0.05, 0) is 24.0 Å². The van der Waals surface area contributed by atoms with Gasteiger partial charge in [0, 0.05) is 36.8 Å². The van der Waals surface area contributed by atoms with Crippen molar-refractivity contribution >= 4 is 11.8 Å². The van der Waals surface area contributed by atoms with Gasteiger partial charge in [-0.25, -0.2) is 4.98 Å². The molecule has 0 amide bonds. The number of ether oxygens (including phenoxy) is 2. The van der Waals surface area contributed by atoms with E-state index in [0.717, 1.165) is 36.8 Å². The highest BCUT2D eigenvalue weighted by Crippen LogP contribution is 2.36. The fraction of sp³-hybridized carbons (Fsp3) is 0.400. The van der Waals surface area contributed by atoms with Crippen LogP contribution in [0.5, 0.6) is 11.5 Å². The average molecular weight is 305 g/mol. The van der Waals surface area contributed by atoms with E-state index in [0.29, 0.717) is 13.2 Å². The second-order valence-electron chi connectivity index (χ2n) is 4.77. The molecule has 2 N–H and O–H groups in total. The number of hydrogen-bond donors (Lipinski definition) is 2. The first-order chi connectivity index (χ1) is 10.4. The third-order valence-electron chi connectivity index (χ3n) is 3.35. The first-order valence-electron chi connectivity index (χ1n) is 7.02. The molecule has 3 rings (SSSR count). The summed E-state index contributed by atoms with van der Waals surface area (Å²) in [5.74, 6) is 2.71. The molecule has 1 aliphatic rings. The lowest BCUT2D eigenvalue weighted by Gasteiger charge is -2.21. The van der Waals surface area contributed by atoms with E-state index in [9.17, 15) is 0 Å². The van der Waals surface area contributed by atoms with Crippen LogP contribution in [-0.4, -0.2) is 36.0 Å². The third-order valence-corrected chi connectivity index (χ3v) is 4.17. The molecule has 5 nitrogen and oxygen atoms in total. The number of thioether (sulfide) groups is 1. The van der Waals surface area contributed by atoms with Crippen LogP contribution in [0.15, 0.2) is 29.4 Å². The topological polar surface area (TPSA) is 59.2 Å². The molecule has 1 aromatic heterocycles. The fourth-order valence-corrected chi connectivity index (χ4v) is 2.92. The number of hydrogen-bond acceptors (Lipinski definition) is 5. The Morgan fingerprint density at radius 2 is 2.10 bits per heavy atom. The van der Waals surface area contributed by atoms with Crippen molar-refractivity contribution in [3.05, 3.63) is 35.9 Å². The van der Waals surface area contributed by atoms with Crippen LogP contribution in [0.4, 0.5) is 0 Å². The van der Waals surface area contributed by atoms with E-state index in [4.69, 9.17) is 9.47 Å². The number of benzene rings is 1. The van der Waals surface area contributed by atoms with Crippen LogP contribution in [0.25, 0.3) is 0 Å². The van der Waals surface area contributed by atoms with E-state index in [2.05, 4.69) is 33.7 Å². The molecule has 0 aliphatic carbocycles. The summed E-state index contributed by atoms with van der Waals surface area (Å²) >= 11 is 1.73. The van der Waals surface area contributed by atoms with Crippen molar-refractivity contribution in [2.75, 3.05) is 26.0 Å². The number of aromatic nitrogens is 2. The molecular formula is C15H19N3O2S. The summed E-state index contributed by atoms with van der Waals surface area (Å²) in [4.78, 5) is 8.55. The number of H-pyrrole nitrogens is 1. The van der Waals surface area contributed by atoms with Crippen LogP contribution in [0.3, 0.4) is 0 Å². The van der Waals surface area contributed by atoms with Gasteiger partial charge < -0.3 is 19.8 Å². The van der Waals surface area contributed by atoms with E-state index in [1.807, 2.05) is 6.20 Å². The van der Waals surface area contributed by atoms with E-state index in [1.165, 1.54) is 10.5 Å². The SMILES string of the molecule is CSc1cc2c(cc1CNCCc1ncc[nH]1)OCCO2. The normalized spacial score (nSPS) is 13.4. The fourth-order valence-electron chi connectivity index (χ4n) is 2.30. The summed E-state index contributed by atoms with van der Waals surface area (Å²) in [5, 5.41) is 3.45. The second kappa shape index (κ2) is 6.87. The lowest BCUT2D eigenvalue weighted by Crippen LogP contribution is -2.19. The second-order valence-corrected chi connectivity index (χ2v) is 5.62. The molecule has 0 radical (unpaired) electrons. The minimum atomic E-state index is 0.622. The number of aromatic amines is 1. The van der Waals surface area contributed by atoms with Gasteiger partial charge in [0.1, 0.15) is 19.0 Å². The molecule has 0 bridgehead atoms. The smallest absolute Gasteiger partial charge is 0.162 e. The summed E-state index contributed by atoms with van der Waals surface area (Å²) in [6.07, 6.45) is 6.61. The zero-order valence-electron chi connectivity index (χ0n) is 12.0. The van der Waals surface area contributed by atoms with Gasteiger partial charge in [0.2, 0.25) is 0 Å². The van der Waals surface area contributed by atoms with Crippen molar-refractivity contribution in [1.82, 2.24) is 15.3 Å². The molecule has 2 aromatic rings. The van der Waals surface area contributed by atoms with Gasteiger partial charge >= 0.3 is 0 Å². The highest BCUT2D eigenvalue weighted by atomic mass is 32.2. The van der Waals surface area contributed by atoms with Crippen molar-refractivity contribution in [2.24, 2.45) is 0 Å². The van der Waals surface area contributed by atoms with E-state index < -0.39 is 0 Å². The van der Waals surface area contributed by atoms with Gasteiger partial charge in [0.15, 0.2) is 11.5 Å². The molecule has 0 atom stereocenters. The molecule has 0 unspecified atom stereocenters. The third kappa shape index (κ3) is 3.51. The number of nitrogens with one attached hydrogen (secondary N) is 2. The summed E-state index contributed by atoms with van der Waals surface area (Å²) in [5.41, 5.74) is 1.24. The maximum atomic E-state index is 5.65. The molecule has 21 heavy (non-hydrogen) atoms. The zero-order chi connectivity index (χ0) is 14.5. The van der Waals surface area contributed by atoms with Crippen molar-refractivity contribution in [3.8, 4) is 11.5 Å². The first-order valence-corrected chi connectivity index (χ1v) is 8.25. The van der Waals surface area contributed by atoms with Crippen LogP contribution >= 0.6 is 11.8 Å². The standard InChI is InChI=1S/C15H19N3O2S/c1-21-14-9-13-12(19-6-7-20-13)8-11(14)10-16-3-2-15-17-4-5-18-15/h4-5,8-9,16H,2-3,6-7,10H2,1H3,(H,17,18). The summed E-state index contributed by atoms with van der Waals surface area (Å²) in [6.45, 7) is 2.95. The lowest BCUT2D eigenvalue weighted by atomic mass is 10.2. The quantitative estimate of drug-likeness (QED) is 0.633. The minimum absolute atomic E-state index is 0.622. The van der Waals surface area contributed by atoms with Crippen molar-refractivity contribution in [2.45, 2.75) is 17.9 Å².